The van der Waals surface area contributed by atoms with Crippen molar-refractivity contribution in [1.29, 1.82) is 0 Å². The molecule has 0 spiro atoms. The molecule has 2 aliphatic heterocycles. The molecule has 1 aliphatic carbocycles. The number of anilines is 1. The molecule has 2 N–H and O–H groups in total. The summed E-state index contributed by atoms with van der Waals surface area (Å²) < 4.78 is 0. The molecule has 2 saturated heterocycles. The monoisotopic (exact) mass is 482 g/mol. The van der Waals surface area contributed by atoms with E-state index >= 15 is 0 Å². The third-order valence-corrected chi connectivity index (χ3v) is 8.04. The van der Waals surface area contributed by atoms with E-state index in [9.17, 15) is 4.79 Å². The van der Waals surface area contributed by atoms with E-state index in [-0.39, 0.29) is 17.9 Å². The first-order valence-electron chi connectivity index (χ1n) is 12.6. The standard InChI is InChI=1S/C26H35ClN6O/c1-18-2-7-23-24(18)25(30-17-29-23)32-12-14-33(15-13-32)26(34)22(19-3-5-20(27)6-4-19)16-31-10-8-21(28)9-11-31/h3-6,17-18,21-22H,2,7-16,28H2,1H3. The lowest BCUT2D eigenvalue weighted by molar-refractivity contribution is -0.133. The fraction of sp³-hybridized carbons (Fsp3) is 0.577. The van der Waals surface area contributed by atoms with Crippen LogP contribution in [-0.2, 0) is 11.2 Å². The van der Waals surface area contributed by atoms with E-state index in [1.807, 2.05) is 29.2 Å². The summed E-state index contributed by atoms with van der Waals surface area (Å²) in [5.74, 6) is 1.58. The number of hydrogen-bond acceptors (Lipinski definition) is 6. The Balaban J connectivity index is 1.29. The van der Waals surface area contributed by atoms with Gasteiger partial charge in [0.2, 0.25) is 5.91 Å². The maximum atomic E-state index is 13.8. The number of nitrogens with zero attached hydrogens (tertiary/aromatic N) is 5. The van der Waals surface area contributed by atoms with Gasteiger partial charge in [0.15, 0.2) is 0 Å². The summed E-state index contributed by atoms with van der Waals surface area (Å²) in [4.78, 5) is 29.7. The average molecular weight is 483 g/mol. The van der Waals surface area contributed by atoms with Crippen molar-refractivity contribution in [3.8, 4) is 0 Å². The van der Waals surface area contributed by atoms with Crippen LogP contribution in [0.5, 0.6) is 0 Å². The number of amides is 1. The number of nitrogens with two attached hydrogens (primary N) is 1. The van der Waals surface area contributed by atoms with Crippen LogP contribution in [-0.4, -0.2) is 77.5 Å². The van der Waals surface area contributed by atoms with Crippen molar-refractivity contribution in [3.05, 3.63) is 52.4 Å². The molecule has 8 heteroatoms. The third-order valence-electron chi connectivity index (χ3n) is 7.79. The molecular formula is C26H35ClN6O. The van der Waals surface area contributed by atoms with Gasteiger partial charge in [0.1, 0.15) is 12.1 Å². The minimum absolute atomic E-state index is 0.193. The van der Waals surface area contributed by atoms with Crippen LogP contribution < -0.4 is 10.6 Å². The Morgan fingerprint density at radius 2 is 1.76 bits per heavy atom. The number of piperazine rings is 1. The highest BCUT2D eigenvalue weighted by Crippen LogP contribution is 2.37. The molecule has 1 aromatic carbocycles. The van der Waals surface area contributed by atoms with Gasteiger partial charge >= 0.3 is 0 Å². The second kappa shape index (κ2) is 10.2. The van der Waals surface area contributed by atoms with E-state index in [0.29, 0.717) is 24.0 Å². The van der Waals surface area contributed by atoms with Crippen LogP contribution in [0.3, 0.4) is 0 Å². The number of fused-ring (bicyclic) bond motifs is 1. The molecule has 0 bridgehead atoms. The van der Waals surface area contributed by atoms with E-state index in [1.54, 1.807) is 6.33 Å². The summed E-state index contributed by atoms with van der Waals surface area (Å²) >= 11 is 6.14. The summed E-state index contributed by atoms with van der Waals surface area (Å²) in [5.41, 5.74) is 9.65. The Kier molecular flexibility index (Phi) is 7.04. The number of rotatable bonds is 5. The molecule has 0 saturated carbocycles. The van der Waals surface area contributed by atoms with Crippen molar-refractivity contribution in [2.75, 3.05) is 50.7 Å². The van der Waals surface area contributed by atoms with Crippen LogP contribution in [0.25, 0.3) is 0 Å². The molecule has 34 heavy (non-hydrogen) atoms. The Hall–Kier alpha value is -2.22. The van der Waals surface area contributed by atoms with Crippen molar-refractivity contribution in [3.63, 3.8) is 0 Å². The molecule has 0 radical (unpaired) electrons. The van der Waals surface area contributed by atoms with Crippen LogP contribution in [0, 0.1) is 0 Å². The van der Waals surface area contributed by atoms with E-state index in [1.165, 1.54) is 11.3 Å². The fourth-order valence-corrected chi connectivity index (χ4v) is 5.77. The molecule has 2 unspecified atom stereocenters. The molecule has 1 aromatic heterocycles. The molecule has 3 heterocycles. The van der Waals surface area contributed by atoms with Crippen molar-refractivity contribution in [1.82, 2.24) is 19.8 Å². The molecular weight excluding hydrogens is 448 g/mol. The number of halogens is 1. The molecule has 1 amide bonds. The van der Waals surface area contributed by atoms with Gasteiger partial charge in [0.05, 0.1) is 5.92 Å². The van der Waals surface area contributed by atoms with Gasteiger partial charge in [0.25, 0.3) is 0 Å². The zero-order valence-corrected chi connectivity index (χ0v) is 20.8. The van der Waals surface area contributed by atoms with E-state index < -0.39 is 0 Å². The van der Waals surface area contributed by atoms with E-state index in [2.05, 4.69) is 26.7 Å². The van der Waals surface area contributed by atoms with Gasteiger partial charge in [-0.3, -0.25) is 4.79 Å². The van der Waals surface area contributed by atoms with Crippen molar-refractivity contribution in [2.24, 2.45) is 5.73 Å². The second-order valence-electron chi connectivity index (χ2n) is 10.1. The van der Waals surface area contributed by atoms with E-state index in [0.717, 1.165) is 69.8 Å². The lowest BCUT2D eigenvalue weighted by Gasteiger charge is -2.39. The number of carbonyl (C=O) groups excluding carboxylic acids is 1. The van der Waals surface area contributed by atoms with Gasteiger partial charge in [-0.25, -0.2) is 9.97 Å². The fourth-order valence-electron chi connectivity index (χ4n) is 5.65. The first-order chi connectivity index (χ1) is 16.5. The third kappa shape index (κ3) is 4.92. The lowest BCUT2D eigenvalue weighted by Crippen LogP contribution is -2.52. The maximum absolute atomic E-state index is 13.8. The summed E-state index contributed by atoms with van der Waals surface area (Å²) in [7, 11) is 0. The van der Waals surface area contributed by atoms with Crippen molar-refractivity contribution in [2.45, 2.75) is 50.5 Å². The normalized spacial score (nSPS) is 22.6. The smallest absolute Gasteiger partial charge is 0.231 e. The molecule has 7 nitrogen and oxygen atoms in total. The second-order valence-corrected chi connectivity index (χ2v) is 10.5. The van der Waals surface area contributed by atoms with Crippen LogP contribution in [0.1, 0.15) is 54.8 Å². The highest BCUT2D eigenvalue weighted by Gasteiger charge is 2.33. The molecule has 5 rings (SSSR count). The zero-order chi connectivity index (χ0) is 23.7. The first kappa shape index (κ1) is 23.5. The van der Waals surface area contributed by atoms with Crippen LogP contribution in [0.2, 0.25) is 5.02 Å². The molecule has 2 atom stereocenters. The number of benzene rings is 1. The first-order valence-corrected chi connectivity index (χ1v) is 13.0. The van der Waals surface area contributed by atoms with Crippen LogP contribution in [0.15, 0.2) is 30.6 Å². The van der Waals surface area contributed by atoms with Gasteiger partial charge in [0, 0.05) is 55.0 Å². The summed E-state index contributed by atoms with van der Waals surface area (Å²) in [5, 5.41) is 0.694. The topological polar surface area (TPSA) is 78.6 Å². The Labute approximate surface area is 207 Å². The minimum atomic E-state index is -0.193. The molecule has 2 aromatic rings. The highest BCUT2D eigenvalue weighted by molar-refractivity contribution is 6.30. The van der Waals surface area contributed by atoms with Gasteiger partial charge in [-0.15, -0.1) is 0 Å². The van der Waals surface area contributed by atoms with Crippen LogP contribution >= 0.6 is 11.6 Å². The summed E-state index contributed by atoms with van der Waals surface area (Å²) in [6.07, 6.45) is 5.85. The predicted octanol–water partition coefficient (Wildman–Crippen LogP) is 3.04. The Bertz CT molecular complexity index is 999. The van der Waals surface area contributed by atoms with E-state index in [4.69, 9.17) is 17.3 Å². The molecule has 2 fully saturated rings. The zero-order valence-electron chi connectivity index (χ0n) is 20.0. The van der Waals surface area contributed by atoms with Crippen molar-refractivity contribution < 1.29 is 4.79 Å². The van der Waals surface area contributed by atoms with Gasteiger partial charge < -0.3 is 20.4 Å². The largest absolute Gasteiger partial charge is 0.353 e. The summed E-state index contributed by atoms with van der Waals surface area (Å²) in [6, 6.07) is 8.06. The Morgan fingerprint density at radius 1 is 1.06 bits per heavy atom. The predicted molar refractivity (Wildman–Crippen MR) is 135 cm³/mol. The maximum Gasteiger partial charge on any atom is 0.231 e. The average Bonchev–Trinajstić information content (AvgIpc) is 3.25. The molecule has 182 valence electrons. The van der Waals surface area contributed by atoms with Gasteiger partial charge in [-0.1, -0.05) is 30.7 Å². The number of hydrogen-bond donors (Lipinski definition) is 1. The van der Waals surface area contributed by atoms with Crippen LogP contribution in [0.4, 0.5) is 5.82 Å². The van der Waals surface area contributed by atoms with Gasteiger partial charge in [-0.05, 0) is 62.4 Å². The number of carbonyl (C=O) groups is 1. The SMILES string of the molecule is CC1CCc2ncnc(N3CCN(C(=O)C(CN4CCC(N)CC4)c4ccc(Cl)cc4)CC3)c21. The number of aromatic nitrogens is 2. The quantitative estimate of drug-likeness (QED) is 0.705. The number of likely N-dealkylation sites (tertiary alicyclic amines) is 1. The highest BCUT2D eigenvalue weighted by atomic mass is 35.5. The number of piperidine rings is 1. The van der Waals surface area contributed by atoms with Gasteiger partial charge in [-0.2, -0.15) is 0 Å². The molecule has 3 aliphatic rings. The van der Waals surface area contributed by atoms with Crippen molar-refractivity contribution >= 4 is 23.3 Å². The minimum Gasteiger partial charge on any atom is -0.353 e. The lowest BCUT2D eigenvalue weighted by atomic mass is 9.95. The summed E-state index contributed by atoms with van der Waals surface area (Å²) in [6.45, 7) is 7.91. The number of aryl methyl sites for hydroxylation is 1. The Morgan fingerprint density at radius 3 is 2.47 bits per heavy atom.